The number of nitrogens with one attached hydrogen (secondary N) is 1. The molecule has 2 amide bonds. The van der Waals surface area contributed by atoms with Gasteiger partial charge in [-0.05, 0) is 61.7 Å². The second kappa shape index (κ2) is 14.3. The predicted molar refractivity (Wildman–Crippen MR) is 168 cm³/mol. The Morgan fingerprint density at radius 3 is 2.26 bits per heavy atom. The summed E-state index contributed by atoms with van der Waals surface area (Å²) in [6, 6.07) is 9.35. The second-order valence-electron chi connectivity index (χ2n) is 11.1. The van der Waals surface area contributed by atoms with Crippen LogP contribution in [0.4, 0.5) is 5.95 Å². The van der Waals surface area contributed by atoms with Crippen LogP contribution in [0.2, 0.25) is 10.0 Å². The third-order valence-corrected chi connectivity index (χ3v) is 8.26. The summed E-state index contributed by atoms with van der Waals surface area (Å²) in [5.74, 6) is 2.18. The van der Waals surface area contributed by atoms with Gasteiger partial charge in [0.05, 0.1) is 18.1 Å². The molecule has 0 radical (unpaired) electrons. The Balaban J connectivity index is 1.29. The molecule has 2 aliphatic rings. The fraction of sp³-hybridized carbons (Fsp3) is 0.452. The Hall–Kier alpha value is -3.47. The van der Waals surface area contributed by atoms with E-state index in [-0.39, 0.29) is 11.8 Å². The average Bonchev–Trinajstić information content (AvgIpc) is 3.00. The number of rotatable bonds is 9. The van der Waals surface area contributed by atoms with Crippen LogP contribution in [0.15, 0.2) is 42.7 Å². The lowest BCUT2D eigenvalue weighted by atomic mass is 9.96. The molecule has 4 heterocycles. The molecule has 1 N–H and O–H groups in total. The monoisotopic (exact) mass is 625 g/mol. The summed E-state index contributed by atoms with van der Waals surface area (Å²) in [5, 5.41) is 4.00. The van der Waals surface area contributed by atoms with Gasteiger partial charge < -0.3 is 19.9 Å². The third kappa shape index (κ3) is 8.55. The SMILES string of the molecule is CCC(=O)N1CCN(c2ncc(Oc3cc(CN4CCC(CNC(C)=O)CC4)cc(-c4cc(Cl)cc(Cl)c4)n3)cn2)CC1. The Labute approximate surface area is 262 Å². The van der Waals surface area contributed by atoms with E-state index < -0.39 is 0 Å². The maximum Gasteiger partial charge on any atom is 0.225 e. The first-order chi connectivity index (χ1) is 20.7. The van der Waals surface area contributed by atoms with Crippen LogP contribution in [0.25, 0.3) is 11.3 Å². The van der Waals surface area contributed by atoms with Crippen molar-refractivity contribution in [3.8, 4) is 22.9 Å². The first-order valence-corrected chi connectivity index (χ1v) is 15.5. The highest BCUT2D eigenvalue weighted by Crippen LogP contribution is 2.31. The zero-order chi connectivity index (χ0) is 30.3. The minimum Gasteiger partial charge on any atom is -0.436 e. The van der Waals surface area contributed by atoms with Crippen molar-refractivity contribution in [3.63, 3.8) is 0 Å². The third-order valence-electron chi connectivity index (χ3n) is 7.83. The van der Waals surface area contributed by atoms with Crippen molar-refractivity contribution in [1.82, 2.24) is 30.1 Å². The van der Waals surface area contributed by atoms with E-state index in [0.29, 0.717) is 71.8 Å². The number of hydrogen-bond acceptors (Lipinski definition) is 8. The minimum absolute atomic E-state index is 0.0170. The van der Waals surface area contributed by atoms with Crippen molar-refractivity contribution in [2.75, 3.05) is 50.7 Å². The number of ether oxygens (including phenoxy) is 1. The normalized spacial score (nSPS) is 16.3. The van der Waals surface area contributed by atoms with E-state index in [2.05, 4.69) is 25.1 Å². The maximum atomic E-state index is 12.0. The minimum atomic E-state index is 0.0170. The molecule has 0 aliphatic carbocycles. The van der Waals surface area contributed by atoms with Gasteiger partial charge in [0.25, 0.3) is 0 Å². The van der Waals surface area contributed by atoms with Gasteiger partial charge in [0, 0.05) is 74.3 Å². The lowest BCUT2D eigenvalue weighted by Gasteiger charge is -2.34. The molecule has 0 spiro atoms. The molecule has 0 unspecified atom stereocenters. The van der Waals surface area contributed by atoms with E-state index >= 15 is 0 Å². The molecular weight excluding hydrogens is 589 g/mol. The number of pyridine rings is 1. The van der Waals surface area contributed by atoms with E-state index in [0.717, 1.165) is 50.1 Å². The molecule has 43 heavy (non-hydrogen) atoms. The van der Waals surface area contributed by atoms with Crippen LogP contribution < -0.4 is 15.0 Å². The van der Waals surface area contributed by atoms with E-state index in [1.165, 1.54) is 0 Å². The number of carbonyl (C=O) groups excluding carboxylic acids is 2. The summed E-state index contributed by atoms with van der Waals surface area (Å²) in [4.78, 5) is 43.5. The highest BCUT2D eigenvalue weighted by atomic mass is 35.5. The van der Waals surface area contributed by atoms with Crippen LogP contribution in [0.5, 0.6) is 11.6 Å². The van der Waals surface area contributed by atoms with Gasteiger partial charge in [0.2, 0.25) is 23.6 Å². The summed E-state index contributed by atoms with van der Waals surface area (Å²) in [5.41, 5.74) is 2.55. The second-order valence-corrected chi connectivity index (χ2v) is 11.9. The molecule has 0 saturated carbocycles. The van der Waals surface area contributed by atoms with Gasteiger partial charge in [-0.1, -0.05) is 30.1 Å². The van der Waals surface area contributed by atoms with Crippen molar-refractivity contribution in [2.45, 2.75) is 39.7 Å². The Morgan fingerprint density at radius 2 is 1.63 bits per heavy atom. The van der Waals surface area contributed by atoms with Gasteiger partial charge in [-0.3, -0.25) is 14.5 Å². The van der Waals surface area contributed by atoms with E-state index in [9.17, 15) is 9.59 Å². The van der Waals surface area contributed by atoms with Crippen molar-refractivity contribution < 1.29 is 14.3 Å². The Kier molecular flexibility index (Phi) is 10.3. The molecule has 2 aliphatic heterocycles. The number of benzene rings is 1. The van der Waals surface area contributed by atoms with E-state index in [1.54, 1.807) is 25.4 Å². The number of halogens is 2. The number of carbonyl (C=O) groups is 2. The number of amides is 2. The lowest BCUT2D eigenvalue weighted by Crippen LogP contribution is -2.49. The largest absolute Gasteiger partial charge is 0.436 e. The van der Waals surface area contributed by atoms with Crippen LogP contribution in [0.1, 0.15) is 38.7 Å². The smallest absolute Gasteiger partial charge is 0.225 e. The number of anilines is 1. The van der Waals surface area contributed by atoms with Crippen molar-refractivity contribution in [3.05, 3.63) is 58.3 Å². The van der Waals surface area contributed by atoms with Crippen LogP contribution >= 0.6 is 23.2 Å². The number of piperazine rings is 1. The molecule has 5 rings (SSSR count). The number of hydrogen-bond donors (Lipinski definition) is 1. The molecule has 2 saturated heterocycles. The first kappa shape index (κ1) is 31.0. The number of piperidine rings is 1. The molecule has 12 heteroatoms. The first-order valence-electron chi connectivity index (χ1n) is 14.7. The fourth-order valence-electron chi connectivity index (χ4n) is 5.47. The standard InChI is InChI=1S/C31H37Cl2N7O3/c1-3-30(42)39-8-10-40(11-9-39)31-35-18-27(19-36-31)43-29-13-23(12-28(37-29)24-14-25(32)16-26(33)15-24)20-38-6-4-22(5-7-38)17-34-21(2)41/h12-16,18-19,22H,3-11,17,20H2,1-2H3,(H,34,41). The average molecular weight is 627 g/mol. The zero-order valence-corrected chi connectivity index (χ0v) is 26.1. The van der Waals surface area contributed by atoms with E-state index in [1.807, 2.05) is 36.1 Å². The Morgan fingerprint density at radius 1 is 0.953 bits per heavy atom. The summed E-state index contributed by atoms with van der Waals surface area (Å²) in [6.07, 6.45) is 5.87. The van der Waals surface area contributed by atoms with E-state index in [4.69, 9.17) is 32.9 Å². The molecule has 0 bridgehead atoms. The quantitative estimate of drug-likeness (QED) is 0.352. The summed E-state index contributed by atoms with van der Waals surface area (Å²) in [7, 11) is 0. The summed E-state index contributed by atoms with van der Waals surface area (Å²) < 4.78 is 6.18. The van der Waals surface area contributed by atoms with Crippen molar-refractivity contribution >= 4 is 41.0 Å². The number of likely N-dealkylation sites (tertiary alicyclic amines) is 1. The fourth-order valence-corrected chi connectivity index (χ4v) is 6.00. The van der Waals surface area contributed by atoms with Crippen LogP contribution in [0, 0.1) is 5.92 Å². The van der Waals surface area contributed by atoms with Gasteiger partial charge in [-0.25, -0.2) is 15.0 Å². The molecule has 10 nitrogen and oxygen atoms in total. The molecule has 3 aromatic rings. The van der Waals surface area contributed by atoms with Crippen LogP contribution in [0.3, 0.4) is 0 Å². The lowest BCUT2D eigenvalue weighted by molar-refractivity contribution is -0.131. The molecule has 1 aromatic carbocycles. The van der Waals surface area contributed by atoms with Crippen LogP contribution in [-0.2, 0) is 16.1 Å². The molecule has 0 atom stereocenters. The summed E-state index contributed by atoms with van der Waals surface area (Å²) in [6.45, 7) is 9.48. The van der Waals surface area contributed by atoms with Gasteiger partial charge in [-0.2, -0.15) is 0 Å². The Bertz CT molecular complexity index is 1400. The molecule has 228 valence electrons. The molecule has 2 fully saturated rings. The van der Waals surface area contributed by atoms with Gasteiger partial charge in [0.1, 0.15) is 0 Å². The van der Waals surface area contributed by atoms with Gasteiger partial charge >= 0.3 is 0 Å². The molecule has 2 aromatic heterocycles. The number of aromatic nitrogens is 3. The number of nitrogens with zero attached hydrogens (tertiary/aromatic N) is 6. The van der Waals surface area contributed by atoms with Crippen LogP contribution in [-0.4, -0.2) is 82.4 Å². The van der Waals surface area contributed by atoms with Crippen molar-refractivity contribution in [1.29, 1.82) is 0 Å². The molecular formula is C31H37Cl2N7O3. The van der Waals surface area contributed by atoms with Crippen molar-refractivity contribution in [2.24, 2.45) is 5.92 Å². The van der Waals surface area contributed by atoms with Gasteiger partial charge in [0.15, 0.2) is 5.75 Å². The topological polar surface area (TPSA) is 104 Å². The van der Waals surface area contributed by atoms with Gasteiger partial charge in [-0.15, -0.1) is 0 Å². The predicted octanol–water partition coefficient (Wildman–Crippen LogP) is 5.04. The zero-order valence-electron chi connectivity index (χ0n) is 24.6. The maximum absolute atomic E-state index is 12.0. The highest BCUT2D eigenvalue weighted by Gasteiger charge is 2.22. The highest BCUT2D eigenvalue weighted by molar-refractivity contribution is 6.35. The summed E-state index contributed by atoms with van der Waals surface area (Å²) >= 11 is 12.6.